The van der Waals surface area contributed by atoms with E-state index in [-0.39, 0.29) is 11.9 Å². The molecule has 7 N–H and O–H groups in total. The Hall–Kier alpha value is -1.17. The fourth-order valence-electron chi connectivity index (χ4n) is 3.06. The number of nitrogens with two attached hydrogens (primary N) is 1. The lowest BCUT2D eigenvalue weighted by Crippen LogP contribution is -2.68. The summed E-state index contributed by atoms with van der Waals surface area (Å²) >= 11 is 0. The van der Waals surface area contributed by atoms with Gasteiger partial charge in [-0.3, -0.25) is 0 Å². The third kappa shape index (κ3) is 3.23. The lowest BCUT2D eigenvalue weighted by molar-refractivity contribution is -0.216. The van der Waals surface area contributed by atoms with Crippen LogP contribution in [0.2, 0.25) is 0 Å². The smallest absolute Gasteiger partial charge is 0.134 e. The van der Waals surface area contributed by atoms with Gasteiger partial charge in [0.25, 0.3) is 0 Å². The molecule has 1 aromatic rings. The van der Waals surface area contributed by atoms with Gasteiger partial charge in [0.15, 0.2) is 0 Å². The van der Waals surface area contributed by atoms with Gasteiger partial charge in [0, 0.05) is 6.54 Å². The molecule has 2 heterocycles. The molecule has 3 rings (SSSR count). The molecule has 0 bridgehead atoms. The second-order valence-corrected chi connectivity index (χ2v) is 5.81. The maximum atomic E-state index is 13.3. The first-order valence-electron chi connectivity index (χ1n) is 7.42. The maximum absolute atomic E-state index is 13.3. The molecule has 0 aliphatic carbocycles. The molecule has 1 aromatic carbocycles. The quantitative estimate of drug-likeness (QED) is 0.375. The zero-order valence-electron chi connectivity index (χ0n) is 12.3. The van der Waals surface area contributed by atoms with Crippen molar-refractivity contribution in [3.63, 3.8) is 0 Å². The molecule has 8 nitrogen and oxygen atoms in total. The van der Waals surface area contributed by atoms with Gasteiger partial charge in [0.2, 0.25) is 0 Å². The zero-order valence-corrected chi connectivity index (χ0v) is 12.3. The number of halogens is 1. The third-order valence-corrected chi connectivity index (χ3v) is 4.30. The molecule has 128 valence electrons. The van der Waals surface area contributed by atoms with Crippen molar-refractivity contribution < 1.29 is 24.4 Å². The number of benzene rings is 1. The van der Waals surface area contributed by atoms with E-state index < -0.39 is 37.2 Å². The van der Waals surface area contributed by atoms with Crippen LogP contribution in [0.25, 0.3) is 0 Å². The Morgan fingerprint density at radius 3 is 2.83 bits per heavy atom. The Labute approximate surface area is 132 Å². The maximum Gasteiger partial charge on any atom is 0.134 e. The van der Waals surface area contributed by atoms with Crippen molar-refractivity contribution in [3.05, 3.63) is 35.6 Å². The minimum Gasteiger partial charge on any atom is -0.394 e. The van der Waals surface area contributed by atoms with Crippen LogP contribution in [0.4, 0.5) is 4.39 Å². The van der Waals surface area contributed by atoms with Crippen molar-refractivity contribution in [2.45, 2.75) is 36.6 Å². The normalized spacial score (nSPS) is 38.8. The number of nitrogens with zero attached hydrogens (tertiary/aromatic N) is 1. The third-order valence-electron chi connectivity index (χ3n) is 4.30. The second kappa shape index (κ2) is 6.75. The van der Waals surface area contributed by atoms with Crippen molar-refractivity contribution >= 4 is 0 Å². The Morgan fingerprint density at radius 2 is 2.13 bits per heavy atom. The SMILES string of the molecule is N[C@H]1O[C@@H](CO)[C@@H](O)[C@@H](N2CC(c3cccc(F)c3)NN2)[C@@H]1O. The van der Waals surface area contributed by atoms with Crippen molar-refractivity contribution in [3.8, 4) is 0 Å². The largest absolute Gasteiger partial charge is 0.394 e. The van der Waals surface area contributed by atoms with Gasteiger partial charge in [-0.1, -0.05) is 12.1 Å². The van der Waals surface area contributed by atoms with Gasteiger partial charge in [-0.25, -0.2) is 14.8 Å². The van der Waals surface area contributed by atoms with E-state index >= 15 is 0 Å². The standard InChI is InChI=1S/C14H21FN4O4/c15-8-3-1-2-7(4-8)9-5-19(18-17-9)11-12(21)10(6-20)23-14(16)13(11)22/h1-4,9-14,17-18,20-22H,5-6,16H2/t9?,10-,11+,12+,13-,14-/m0/s1. The molecule has 0 spiro atoms. The van der Waals surface area contributed by atoms with E-state index in [0.29, 0.717) is 6.54 Å². The van der Waals surface area contributed by atoms with Gasteiger partial charge in [0.1, 0.15) is 30.4 Å². The topological polar surface area (TPSA) is 123 Å². The first-order chi connectivity index (χ1) is 11.0. The van der Waals surface area contributed by atoms with E-state index in [1.54, 1.807) is 17.1 Å². The lowest BCUT2D eigenvalue weighted by atomic mass is 9.94. The first kappa shape index (κ1) is 16.7. The molecule has 9 heteroatoms. The van der Waals surface area contributed by atoms with E-state index in [1.165, 1.54) is 12.1 Å². The summed E-state index contributed by atoms with van der Waals surface area (Å²) in [4.78, 5) is 0. The molecule has 1 unspecified atom stereocenters. The van der Waals surface area contributed by atoms with Crippen LogP contribution in [0.15, 0.2) is 24.3 Å². The Morgan fingerprint density at radius 1 is 1.35 bits per heavy atom. The molecule has 6 atom stereocenters. The molecule has 0 saturated carbocycles. The molecule has 23 heavy (non-hydrogen) atoms. The molecule has 2 saturated heterocycles. The summed E-state index contributed by atoms with van der Waals surface area (Å²) < 4.78 is 18.5. The summed E-state index contributed by atoms with van der Waals surface area (Å²) in [5.74, 6) is -0.337. The predicted molar refractivity (Wildman–Crippen MR) is 77.9 cm³/mol. The van der Waals surface area contributed by atoms with Crippen LogP contribution in [0.1, 0.15) is 11.6 Å². The number of aliphatic hydroxyl groups is 3. The van der Waals surface area contributed by atoms with Gasteiger partial charge in [-0.05, 0) is 17.7 Å². The van der Waals surface area contributed by atoms with Crippen LogP contribution in [0, 0.1) is 5.82 Å². The highest BCUT2D eigenvalue weighted by atomic mass is 19.1. The van der Waals surface area contributed by atoms with Crippen molar-refractivity contribution in [2.24, 2.45) is 5.73 Å². The molecule has 0 aromatic heterocycles. The van der Waals surface area contributed by atoms with Crippen LogP contribution in [0.3, 0.4) is 0 Å². The van der Waals surface area contributed by atoms with Gasteiger partial charge in [-0.2, -0.15) is 5.53 Å². The minimum atomic E-state index is -1.15. The van der Waals surface area contributed by atoms with Crippen LogP contribution < -0.4 is 16.7 Å². The zero-order chi connectivity index (χ0) is 16.6. The fourth-order valence-corrected chi connectivity index (χ4v) is 3.06. The van der Waals surface area contributed by atoms with Crippen molar-refractivity contribution in [1.29, 1.82) is 0 Å². The van der Waals surface area contributed by atoms with Crippen LogP contribution >= 0.6 is 0 Å². The molecular formula is C14H21FN4O4. The summed E-state index contributed by atoms with van der Waals surface area (Å²) in [7, 11) is 0. The molecular weight excluding hydrogens is 307 g/mol. The average Bonchev–Trinajstić information content (AvgIpc) is 3.01. The summed E-state index contributed by atoms with van der Waals surface area (Å²) in [6.07, 6.45) is -4.17. The molecule has 2 fully saturated rings. The highest BCUT2D eigenvalue weighted by molar-refractivity contribution is 5.21. The number of hydrogen-bond donors (Lipinski definition) is 6. The van der Waals surface area contributed by atoms with Crippen molar-refractivity contribution in [1.82, 2.24) is 16.0 Å². The van der Waals surface area contributed by atoms with Gasteiger partial charge < -0.3 is 25.8 Å². The van der Waals surface area contributed by atoms with Crippen LogP contribution in [-0.2, 0) is 4.74 Å². The van der Waals surface area contributed by atoms with Crippen molar-refractivity contribution in [2.75, 3.05) is 13.2 Å². The Balaban J connectivity index is 1.74. The van der Waals surface area contributed by atoms with E-state index in [0.717, 1.165) is 5.56 Å². The van der Waals surface area contributed by atoms with E-state index in [1.807, 2.05) is 0 Å². The van der Waals surface area contributed by atoms with Gasteiger partial charge >= 0.3 is 0 Å². The summed E-state index contributed by atoms with van der Waals surface area (Å²) in [6.45, 7) is -0.0419. The first-order valence-corrected chi connectivity index (χ1v) is 7.42. The van der Waals surface area contributed by atoms with E-state index in [4.69, 9.17) is 10.5 Å². The highest BCUT2D eigenvalue weighted by Gasteiger charge is 2.47. The highest BCUT2D eigenvalue weighted by Crippen LogP contribution is 2.26. The number of hydrogen-bond acceptors (Lipinski definition) is 8. The number of rotatable bonds is 3. The Bertz CT molecular complexity index is 551. The average molecular weight is 328 g/mol. The fraction of sp³-hybridized carbons (Fsp3) is 0.571. The molecule has 0 amide bonds. The Kier molecular flexibility index (Phi) is 4.90. The van der Waals surface area contributed by atoms with Crippen LogP contribution in [0.5, 0.6) is 0 Å². The predicted octanol–water partition coefficient (Wildman–Crippen LogP) is -2.04. The second-order valence-electron chi connectivity index (χ2n) is 5.81. The summed E-state index contributed by atoms with van der Waals surface area (Å²) in [5.41, 5.74) is 12.3. The number of nitrogens with one attached hydrogen (secondary N) is 2. The van der Waals surface area contributed by atoms with Gasteiger partial charge in [-0.15, -0.1) is 0 Å². The lowest BCUT2D eigenvalue weighted by Gasteiger charge is -2.44. The number of aliphatic hydroxyl groups excluding tert-OH is 3. The monoisotopic (exact) mass is 328 g/mol. The van der Waals surface area contributed by atoms with E-state index in [9.17, 15) is 19.7 Å². The minimum absolute atomic E-state index is 0.225. The van der Waals surface area contributed by atoms with Gasteiger partial charge in [0.05, 0.1) is 18.7 Å². The summed E-state index contributed by atoms with van der Waals surface area (Å²) in [6, 6.07) is 5.18. The molecule has 2 aliphatic heterocycles. The van der Waals surface area contributed by atoms with E-state index in [2.05, 4.69) is 11.0 Å². The van der Waals surface area contributed by atoms with Crippen LogP contribution in [-0.4, -0.2) is 64.1 Å². The molecule has 0 radical (unpaired) electrons. The summed E-state index contributed by atoms with van der Waals surface area (Å²) in [5, 5.41) is 31.4. The molecule has 2 aliphatic rings. The number of ether oxygens (including phenoxy) is 1. The number of hydrazine groups is 2.